The van der Waals surface area contributed by atoms with Crippen LogP contribution in [0.2, 0.25) is 0 Å². The van der Waals surface area contributed by atoms with Gasteiger partial charge in [-0.3, -0.25) is 0 Å². The lowest BCUT2D eigenvalue weighted by Crippen LogP contribution is -2.44. The van der Waals surface area contributed by atoms with Crippen molar-refractivity contribution in [3.05, 3.63) is 35.2 Å². The van der Waals surface area contributed by atoms with Crippen molar-refractivity contribution in [3.8, 4) is 0 Å². The van der Waals surface area contributed by atoms with Crippen LogP contribution in [0.5, 0.6) is 0 Å². The Morgan fingerprint density at radius 1 is 1.35 bits per heavy atom. The van der Waals surface area contributed by atoms with Crippen LogP contribution in [0.25, 0.3) is 10.1 Å². The number of rotatable bonds is 3. The van der Waals surface area contributed by atoms with E-state index in [0.717, 1.165) is 19.4 Å². The van der Waals surface area contributed by atoms with Crippen molar-refractivity contribution in [2.45, 2.75) is 51.3 Å². The van der Waals surface area contributed by atoms with Crippen molar-refractivity contribution in [2.24, 2.45) is 0 Å². The second kappa shape index (κ2) is 5.47. The van der Waals surface area contributed by atoms with Gasteiger partial charge >= 0.3 is 0 Å². The summed E-state index contributed by atoms with van der Waals surface area (Å²) in [5.74, 6) is 0. The monoisotopic (exact) mass is 289 g/mol. The number of hydrogen-bond acceptors (Lipinski definition) is 3. The topological polar surface area (TPSA) is 21.3 Å². The molecular formula is C17H23NOS. The lowest BCUT2D eigenvalue weighted by molar-refractivity contribution is -0.0639. The molecule has 1 N–H and O–H groups in total. The molecule has 2 heterocycles. The maximum absolute atomic E-state index is 5.79. The molecule has 3 heteroatoms. The molecule has 1 fully saturated rings. The molecule has 2 aromatic rings. The molecule has 2 atom stereocenters. The molecule has 1 aliphatic heterocycles. The predicted octanol–water partition coefficient (Wildman–Crippen LogP) is 4.51. The fourth-order valence-corrected chi connectivity index (χ4v) is 4.10. The minimum Gasteiger partial charge on any atom is -0.375 e. The predicted molar refractivity (Wildman–Crippen MR) is 86.4 cm³/mol. The van der Waals surface area contributed by atoms with Gasteiger partial charge in [0.2, 0.25) is 0 Å². The van der Waals surface area contributed by atoms with E-state index in [-0.39, 0.29) is 5.60 Å². The first kappa shape index (κ1) is 14.1. The summed E-state index contributed by atoms with van der Waals surface area (Å²) < 4.78 is 7.17. The molecule has 1 aliphatic rings. The summed E-state index contributed by atoms with van der Waals surface area (Å²) in [6, 6.07) is 11.9. The van der Waals surface area contributed by atoms with Gasteiger partial charge in [-0.1, -0.05) is 18.2 Å². The minimum atomic E-state index is 0.00972. The molecule has 3 rings (SSSR count). The molecule has 2 unspecified atom stereocenters. The van der Waals surface area contributed by atoms with Crippen molar-refractivity contribution >= 4 is 21.4 Å². The van der Waals surface area contributed by atoms with Crippen LogP contribution in [0.1, 0.15) is 44.5 Å². The number of benzene rings is 1. The van der Waals surface area contributed by atoms with E-state index >= 15 is 0 Å². The highest BCUT2D eigenvalue weighted by Crippen LogP contribution is 2.31. The van der Waals surface area contributed by atoms with Crippen molar-refractivity contribution in [2.75, 3.05) is 6.61 Å². The molecular weight excluding hydrogens is 266 g/mol. The van der Waals surface area contributed by atoms with Crippen molar-refractivity contribution in [1.82, 2.24) is 5.32 Å². The van der Waals surface area contributed by atoms with Crippen molar-refractivity contribution in [3.63, 3.8) is 0 Å². The summed E-state index contributed by atoms with van der Waals surface area (Å²) >= 11 is 1.90. The second-order valence-corrected chi connectivity index (χ2v) is 7.49. The molecule has 0 amide bonds. The van der Waals surface area contributed by atoms with Gasteiger partial charge in [0.25, 0.3) is 0 Å². The van der Waals surface area contributed by atoms with Crippen LogP contribution in [0.4, 0.5) is 0 Å². The highest BCUT2D eigenvalue weighted by atomic mass is 32.1. The third-order valence-corrected chi connectivity index (χ3v) is 5.35. The van der Waals surface area contributed by atoms with Gasteiger partial charge in [0.1, 0.15) is 0 Å². The van der Waals surface area contributed by atoms with Gasteiger partial charge in [-0.05, 0) is 51.1 Å². The zero-order chi connectivity index (χ0) is 14.2. The van der Waals surface area contributed by atoms with Crippen LogP contribution in [-0.2, 0) is 4.74 Å². The van der Waals surface area contributed by atoms with E-state index in [9.17, 15) is 0 Å². The molecule has 0 spiro atoms. The lowest BCUT2D eigenvalue weighted by Gasteiger charge is -2.37. The molecule has 0 aliphatic carbocycles. The maximum Gasteiger partial charge on any atom is 0.0641 e. The first-order chi connectivity index (χ1) is 9.53. The molecule has 0 radical (unpaired) electrons. The Kier molecular flexibility index (Phi) is 3.85. The van der Waals surface area contributed by atoms with Gasteiger partial charge in [-0.25, -0.2) is 0 Å². The van der Waals surface area contributed by atoms with Crippen LogP contribution in [0, 0.1) is 0 Å². The molecule has 1 aromatic carbocycles. The van der Waals surface area contributed by atoms with E-state index in [0.29, 0.717) is 12.1 Å². The van der Waals surface area contributed by atoms with Gasteiger partial charge in [-0.15, -0.1) is 11.3 Å². The van der Waals surface area contributed by atoms with Crippen molar-refractivity contribution < 1.29 is 4.74 Å². The smallest absolute Gasteiger partial charge is 0.0641 e. The molecule has 2 nitrogen and oxygen atoms in total. The molecule has 0 saturated carbocycles. The Morgan fingerprint density at radius 2 is 2.15 bits per heavy atom. The van der Waals surface area contributed by atoms with Crippen LogP contribution in [-0.4, -0.2) is 18.2 Å². The van der Waals surface area contributed by atoms with Crippen molar-refractivity contribution in [1.29, 1.82) is 0 Å². The van der Waals surface area contributed by atoms with Gasteiger partial charge in [0.15, 0.2) is 0 Å². The van der Waals surface area contributed by atoms with Crippen LogP contribution in [0.3, 0.4) is 0 Å². The first-order valence-corrected chi connectivity index (χ1v) is 8.24. The summed E-state index contributed by atoms with van der Waals surface area (Å²) in [6.07, 6.45) is 2.20. The third kappa shape index (κ3) is 3.05. The molecule has 20 heavy (non-hydrogen) atoms. The highest BCUT2D eigenvalue weighted by molar-refractivity contribution is 7.19. The first-order valence-electron chi connectivity index (χ1n) is 7.42. The van der Waals surface area contributed by atoms with Crippen LogP contribution in [0.15, 0.2) is 30.3 Å². The number of nitrogens with one attached hydrogen (secondary N) is 1. The SMILES string of the molecule is CC(NC1CCOC(C)(C)C1)c1cc2ccccc2s1. The average Bonchev–Trinajstić information content (AvgIpc) is 2.81. The average molecular weight is 289 g/mol. The van der Waals surface area contributed by atoms with E-state index in [4.69, 9.17) is 4.74 Å². The Labute approximate surface area is 125 Å². The van der Waals surface area contributed by atoms with E-state index < -0.39 is 0 Å². The second-order valence-electron chi connectivity index (χ2n) is 6.37. The Balaban J connectivity index is 1.71. The number of thiophene rings is 1. The number of ether oxygens (including phenoxy) is 1. The van der Waals surface area contributed by atoms with E-state index in [1.54, 1.807) is 0 Å². The minimum absolute atomic E-state index is 0.00972. The molecule has 108 valence electrons. The van der Waals surface area contributed by atoms with Gasteiger partial charge < -0.3 is 10.1 Å². The zero-order valence-electron chi connectivity index (χ0n) is 12.5. The van der Waals surface area contributed by atoms with E-state index in [2.05, 4.69) is 56.4 Å². The summed E-state index contributed by atoms with van der Waals surface area (Å²) in [5.41, 5.74) is 0.00972. The number of hydrogen-bond donors (Lipinski definition) is 1. The largest absolute Gasteiger partial charge is 0.375 e. The van der Waals surface area contributed by atoms with E-state index in [1.165, 1.54) is 15.0 Å². The molecule has 1 aromatic heterocycles. The summed E-state index contributed by atoms with van der Waals surface area (Å²) in [4.78, 5) is 1.43. The van der Waals surface area contributed by atoms with E-state index in [1.807, 2.05) is 11.3 Å². The zero-order valence-corrected chi connectivity index (χ0v) is 13.3. The molecule has 1 saturated heterocycles. The Morgan fingerprint density at radius 3 is 2.90 bits per heavy atom. The normalized spacial score (nSPS) is 23.9. The Bertz CT molecular complexity index is 556. The summed E-state index contributed by atoms with van der Waals surface area (Å²) in [6.45, 7) is 7.51. The molecule has 0 bridgehead atoms. The van der Waals surface area contributed by atoms with Gasteiger partial charge in [0.05, 0.1) is 5.60 Å². The van der Waals surface area contributed by atoms with Gasteiger partial charge in [-0.2, -0.15) is 0 Å². The summed E-state index contributed by atoms with van der Waals surface area (Å²) in [7, 11) is 0. The number of fused-ring (bicyclic) bond motifs is 1. The third-order valence-electron chi connectivity index (χ3n) is 4.05. The van der Waals surface area contributed by atoms with Gasteiger partial charge in [0, 0.05) is 28.3 Å². The van der Waals surface area contributed by atoms with Crippen LogP contribution < -0.4 is 5.32 Å². The fourth-order valence-electron chi connectivity index (χ4n) is 3.03. The quantitative estimate of drug-likeness (QED) is 0.897. The maximum atomic E-state index is 5.79. The van der Waals surface area contributed by atoms with Crippen LogP contribution >= 0.6 is 11.3 Å². The fraction of sp³-hybridized carbons (Fsp3) is 0.529. The lowest BCUT2D eigenvalue weighted by atomic mass is 9.93. The Hall–Kier alpha value is -0.900. The standard InChI is InChI=1S/C17H23NOS/c1-12(18-14-8-9-19-17(2,3)11-14)16-10-13-6-4-5-7-15(13)20-16/h4-7,10,12,14,18H,8-9,11H2,1-3H3. The summed E-state index contributed by atoms with van der Waals surface area (Å²) in [5, 5.41) is 5.14. The highest BCUT2D eigenvalue weighted by Gasteiger charge is 2.29.